The Balaban J connectivity index is 1.37. The van der Waals surface area contributed by atoms with Crippen molar-refractivity contribution >= 4 is 17.5 Å². The highest BCUT2D eigenvalue weighted by molar-refractivity contribution is 6.31. The molecule has 126 valence electrons. The molecule has 0 radical (unpaired) electrons. The number of hydrogen-bond acceptors (Lipinski definition) is 3. The number of benzene rings is 1. The monoisotopic (exact) mass is 344 g/mol. The number of hydrogen-bond donors (Lipinski definition) is 1. The second kappa shape index (κ2) is 6.55. The summed E-state index contributed by atoms with van der Waals surface area (Å²) < 4.78 is 2.17. The Bertz CT molecular complexity index is 757. The third-order valence-corrected chi connectivity index (χ3v) is 5.38. The number of rotatable bonds is 4. The number of fused-ring (bicyclic) bond motifs is 1. The molecule has 1 N–H and O–H groups in total. The van der Waals surface area contributed by atoms with E-state index >= 15 is 0 Å². The van der Waals surface area contributed by atoms with Crippen LogP contribution in [0.3, 0.4) is 0 Å². The molecule has 1 aromatic heterocycles. The van der Waals surface area contributed by atoms with E-state index in [1.165, 1.54) is 12.8 Å². The summed E-state index contributed by atoms with van der Waals surface area (Å²) in [6.45, 7) is 1.41. The van der Waals surface area contributed by atoms with Crippen molar-refractivity contribution in [3.05, 3.63) is 46.5 Å². The standard InChI is InChI=1S/C18H21ClN4O/c19-15-7-4-3-6-12(15)13-10-14(13)18(24)20-11-17-22-21-16-8-2-1-5-9-23(16)17/h3-4,6-7,13-14H,1-2,5,8-11H2,(H,20,24)/t13-,14+/m0/s1. The van der Waals surface area contributed by atoms with Gasteiger partial charge in [-0.3, -0.25) is 4.79 Å². The van der Waals surface area contributed by atoms with Crippen LogP contribution in [0, 0.1) is 5.92 Å². The van der Waals surface area contributed by atoms with E-state index < -0.39 is 0 Å². The van der Waals surface area contributed by atoms with E-state index in [4.69, 9.17) is 11.6 Å². The summed E-state index contributed by atoms with van der Waals surface area (Å²) in [5.74, 6) is 2.28. The minimum atomic E-state index is 0.0245. The minimum absolute atomic E-state index is 0.0245. The topological polar surface area (TPSA) is 59.8 Å². The van der Waals surface area contributed by atoms with Gasteiger partial charge in [-0.2, -0.15) is 0 Å². The van der Waals surface area contributed by atoms with Crippen molar-refractivity contribution in [3.8, 4) is 0 Å². The van der Waals surface area contributed by atoms with Crippen LogP contribution < -0.4 is 5.32 Å². The highest BCUT2D eigenvalue weighted by atomic mass is 35.5. The fourth-order valence-electron chi connectivity index (χ4n) is 3.58. The van der Waals surface area contributed by atoms with Gasteiger partial charge in [-0.15, -0.1) is 10.2 Å². The average molecular weight is 345 g/mol. The van der Waals surface area contributed by atoms with Crippen LogP contribution in [0.1, 0.15) is 48.8 Å². The maximum Gasteiger partial charge on any atom is 0.224 e. The Hall–Kier alpha value is -1.88. The molecule has 2 atom stereocenters. The first-order valence-electron chi connectivity index (χ1n) is 8.67. The zero-order valence-electron chi connectivity index (χ0n) is 13.5. The summed E-state index contributed by atoms with van der Waals surface area (Å²) in [6, 6.07) is 7.79. The first-order valence-corrected chi connectivity index (χ1v) is 9.05. The lowest BCUT2D eigenvalue weighted by Gasteiger charge is -2.08. The van der Waals surface area contributed by atoms with Crippen molar-refractivity contribution in [2.24, 2.45) is 5.92 Å². The lowest BCUT2D eigenvalue weighted by atomic mass is 10.1. The molecule has 24 heavy (non-hydrogen) atoms. The fraction of sp³-hybridized carbons (Fsp3) is 0.500. The molecular formula is C18H21ClN4O. The SMILES string of the molecule is O=C(NCc1nnc2n1CCCCC2)[C@@H]1C[C@H]1c1ccccc1Cl. The zero-order chi connectivity index (χ0) is 16.5. The Labute approximate surface area is 146 Å². The van der Waals surface area contributed by atoms with Crippen molar-refractivity contribution in [2.75, 3.05) is 0 Å². The molecule has 1 saturated carbocycles. The van der Waals surface area contributed by atoms with Crippen LogP contribution in [0.4, 0.5) is 0 Å². The normalized spacial score (nSPS) is 22.5. The first kappa shape index (κ1) is 15.6. The fourth-order valence-corrected chi connectivity index (χ4v) is 3.85. The number of halogens is 1. The maximum absolute atomic E-state index is 12.4. The smallest absolute Gasteiger partial charge is 0.224 e. The number of nitrogens with one attached hydrogen (secondary N) is 1. The summed E-state index contributed by atoms with van der Waals surface area (Å²) in [4.78, 5) is 12.4. The van der Waals surface area contributed by atoms with Gasteiger partial charge in [0, 0.05) is 23.9 Å². The summed E-state index contributed by atoms with van der Waals surface area (Å²) in [5.41, 5.74) is 1.08. The van der Waals surface area contributed by atoms with Crippen molar-refractivity contribution in [3.63, 3.8) is 0 Å². The Kier molecular flexibility index (Phi) is 4.27. The van der Waals surface area contributed by atoms with Crippen LogP contribution >= 0.6 is 11.6 Å². The van der Waals surface area contributed by atoms with E-state index in [0.29, 0.717) is 6.54 Å². The molecular weight excluding hydrogens is 324 g/mol. The van der Waals surface area contributed by atoms with Crippen LogP contribution in [0.5, 0.6) is 0 Å². The second-order valence-electron chi connectivity index (χ2n) is 6.68. The van der Waals surface area contributed by atoms with E-state index in [1.54, 1.807) is 0 Å². The van der Waals surface area contributed by atoms with Crippen LogP contribution in [-0.2, 0) is 24.3 Å². The predicted octanol–water partition coefficient (Wildman–Crippen LogP) is 3.08. The summed E-state index contributed by atoms with van der Waals surface area (Å²) in [7, 11) is 0. The number of aryl methyl sites for hydroxylation is 1. The van der Waals surface area contributed by atoms with Crippen molar-refractivity contribution < 1.29 is 4.79 Å². The highest BCUT2D eigenvalue weighted by Gasteiger charge is 2.44. The third-order valence-electron chi connectivity index (χ3n) is 5.04. The van der Waals surface area contributed by atoms with E-state index in [9.17, 15) is 4.79 Å². The lowest BCUT2D eigenvalue weighted by Crippen LogP contribution is -2.26. The molecule has 1 aromatic carbocycles. The summed E-state index contributed by atoms with van der Waals surface area (Å²) in [6.07, 6.45) is 5.41. The molecule has 5 nitrogen and oxygen atoms in total. The molecule has 1 amide bonds. The summed E-state index contributed by atoms with van der Waals surface area (Å²) in [5, 5.41) is 12.3. The van der Waals surface area contributed by atoms with Gasteiger partial charge in [0.25, 0.3) is 0 Å². The molecule has 6 heteroatoms. The number of aromatic nitrogens is 3. The molecule has 0 unspecified atom stereocenters. The number of amides is 1. The van der Waals surface area contributed by atoms with Gasteiger partial charge in [0.1, 0.15) is 5.82 Å². The van der Waals surface area contributed by atoms with E-state index in [0.717, 1.165) is 48.0 Å². The van der Waals surface area contributed by atoms with Gasteiger partial charge >= 0.3 is 0 Å². The Morgan fingerprint density at radius 2 is 2.12 bits per heavy atom. The molecule has 0 saturated heterocycles. The molecule has 0 bridgehead atoms. The van der Waals surface area contributed by atoms with E-state index in [2.05, 4.69) is 20.1 Å². The number of nitrogens with zero attached hydrogens (tertiary/aromatic N) is 3. The van der Waals surface area contributed by atoms with Gasteiger partial charge in [0.15, 0.2) is 5.82 Å². The number of carbonyl (C=O) groups is 1. The predicted molar refractivity (Wildman–Crippen MR) is 91.7 cm³/mol. The van der Waals surface area contributed by atoms with Crippen molar-refractivity contribution in [1.29, 1.82) is 0 Å². The zero-order valence-corrected chi connectivity index (χ0v) is 14.3. The van der Waals surface area contributed by atoms with Gasteiger partial charge < -0.3 is 9.88 Å². The molecule has 2 heterocycles. The van der Waals surface area contributed by atoms with Crippen LogP contribution in [0.15, 0.2) is 24.3 Å². The Morgan fingerprint density at radius 1 is 1.25 bits per heavy atom. The largest absolute Gasteiger partial charge is 0.349 e. The Morgan fingerprint density at radius 3 is 3.00 bits per heavy atom. The van der Waals surface area contributed by atoms with Gasteiger partial charge in [0.2, 0.25) is 5.91 Å². The second-order valence-corrected chi connectivity index (χ2v) is 7.09. The molecule has 0 spiro atoms. The van der Waals surface area contributed by atoms with Gasteiger partial charge in [0.05, 0.1) is 6.54 Å². The number of carbonyl (C=O) groups excluding carboxylic acids is 1. The molecule has 2 aromatic rings. The van der Waals surface area contributed by atoms with Crippen molar-refractivity contribution in [1.82, 2.24) is 20.1 Å². The quantitative estimate of drug-likeness (QED) is 0.927. The molecule has 1 aliphatic heterocycles. The lowest BCUT2D eigenvalue weighted by molar-refractivity contribution is -0.122. The molecule has 1 fully saturated rings. The summed E-state index contributed by atoms with van der Waals surface area (Å²) >= 11 is 6.23. The van der Waals surface area contributed by atoms with Gasteiger partial charge in [-0.1, -0.05) is 36.2 Å². The molecule has 2 aliphatic rings. The average Bonchev–Trinajstić information content (AvgIpc) is 3.34. The third kappa shape index (κ3) is 3.05. The van der Waals surface area contributed by atoms with Gasteiger partial charge in [-0.05, 0) is 36.8 Å². The minimum Gasteiger partial charge on any atom is -0.349 e. The van der Waals surface area contributed by atoms with E-state index in [-0.39, 0.29) is 17.7 Å². The van der Waals surface area contributed by atoms with Crippen LogP contribution in [-0.4, -0.2) is 20.7 Å². The highest BCUT2D eigenvalue weighted by Crippen LogP contribution is 2.49. The van der Waals surface area contributed by atoms with Crippen LogP contribution in [0.2, 0.25) is 5.02 Å². The van der Waals surface area contributed by atoms with Crippen LogP contribution in [0.25, 0.3) is 0 Å². The molecule has 1 aliphatic carbocycles. The van der Waals surface area contributed by atoms with Gasteiger partial charge in [-0.25, -0.2) is 0 Å². The van der Waals surface area contributed by atoms with E-state index in [1.807, 2.05) is 24.3 Å². The molecule has 4 rings (SSSR count). The maximum atomic E-state index is 12.4. The van der Waals surface area contributed by atoms with Crippen molar-refractivity contribution in [2.45, 2.75) is 51.1 Å². The first-order chi connectivity index (χ1) is 11.7.